The summed E-state index contributed by atoms with van der Waals surface area (Å²) in [6.45, 7) is 5.95. The summed E-state index contributed by atoms with van der Waals surface area (Å²) < 4.78 is 10.9. The standard InChI is InChI=1S/C17H26ClNO2/c1-4-19-17(10-12-8-14(9-12)21-5-2)15-7-6-13(20-3)11-16(15)18/h6-7,11-12,14,17,19H,4-5,8-10H2,1-3H3. The second kappa shape index (κ2) is 8.02. The minimum atomic E-state index is 0.306. The van der Waals surface area contributed by atoms with Gasteiger partial charge in [-0.3, -0.25) is 0 Å². The Morgan fingerprint density at radius 3 is 2.67 bits per heavy atom. The van der Waals surface area contributed by atoms with E-state index in [4.69, 9.17) is 21.1 Å². The molecule has 21 heavy (non-hydrogen) atoms. The van der Waals surface area contributed by atoms with Gasteiger partial charge in [-0.1, -0.05) is 24.6 Å². The van der Waals surface area contributed by atoms with Gasteiger partial charge in [0.2, 0.25) is 0 Å². The maximum absolute atomic E-state index is 6.42. The molecule has 1 N–H and O–H groups in total. The molecule has 1 aromatic rings. The zero-order chi connectivity index (χ0) is 15.2. The summed E-state index contributed by atoms with van der Waals surface area (Å²) in [4.78, 5) is 0. The molecule has 1 aromatic carbocycles. The molecule has 0 radical (unpaired) electrons. The van der Waals surface area contributed by atoms with Crippen LogP contribution in [0.5, 0.6) is 5.75 Å². The number of nitrogens with one attached hydrogen (secondary N) is 1. The molecule has 1 aliphatic carbocycles. The van der Waals surface area contributed by atoms with Crippen LogP contribution in [-0.2, 0) is 4.74 Å². The molecule has 0 aromatic heterocycles. The van der Waals surface area contributed by atoms with Crippen LogP contribution >= 0.6 is 11.6 Å². The zero-order valence-corrected chi connectivity index (χ0v) is 14.0. The summed E-state index contributed by atoms with van der Waals surface area (Å²) in [6, 6.07) is 6.26. The Bertz CT molecular complexity index is 446. The SMILES string of the molecule is CCNC(CC1CC(OCC)C1)c1ccc(OC)cc1Cl. The first-order valence-electron chi connectivity index (χ1n) is 7.86. The highest BCUT2D eigenvalue weighted by Gasteiger charge is 2.32. The molecule has 0 bridgehead atoms. The van der Waals surface area contributed by atoms with Crippen LogP contribution in [0.15, 0.2) is 18.2 Å². The molecule has 1 unspecified atom stereocenters. The third kappa shape index (κ3) is 4.35. The van der Waals surface area contributed by atoms with Gasteiger partial charge < -0.3 is 14.8 Å². The molecule has 4 heteroatoms. The largest absolute Gasteiger partial charge is 0.497 e. The van der Waals surface area contributed by atoms with E-state index in [2.05, 4.69) is 25.2 Å². The highest BCUT2D eigenvalue weighted by molar-refractivity contribution is 6.31. The molecule has 118 valence electrons. The summed E-state index contributed by atoms with van der Waals surface area (Å²) in [5.74, 6) is 1.53. The predicted octanol–water partition coefficient (Wildman–Crippen LogP) is 4.20. The van der Waals surface area contributed by atoms with Gasteiger partial charge in [-0.15, -0.1) is 0 Å². The Hall–Kier alpha value is -0.770. The number of hydrogen-bond acceptors (Lipinski definition) is 3. The van der Waals surface area contributed by atoms with Crippen LogP contribution in [-0.4, -0.2) is 26.4 Å². The van der Waals surface area contributed by atoms with Crippen molar-refractivity contribution in [2.45, 2.75) is 45.3 Å². The van der Waals surface area contributed by atoms with Gasteiger partial charge in [0.25, 0.3) is 0 Å². The Balaban J connectivity index is 1.99. The Kier molecular flexibility index (Phi) is 6.34. The number of rotatable bonds is 8. The van der Waals surface area contributed by atoms with Crippen molar-refractivity contribution in [2.24, 2.45) is 5.92 Å². The molecule has 0 aliphatic heterocycles. The lowest BCUT2D eigenvalue weighted by Gasteiger charge is -2.37. The lowest BCUT2D eigenvalue weighted by atomic mass is 9.77. The second-order valence-corrected chi connectivity index (χ2v) is 6.06. The average molecular weight is 312 g/mol. The van der Waals surface area contributed by atoms with Gasteiger partial charge in [-0.25, -0.2) is 0 Å². The number of methoxy groups -OCH3 is 1. The van der Waals surface area contributed by atoms with Crippen LogP contribution in [0.3, 0.4) is 0 Å². The van der Waals surface area contributed by atoms with E-state index < -0.39 is 0 Å². The van der Waals surface area contributed by atoms with E-state index in [1.54, 1.807) is 7.11 Å². The fourth-order valence-corrected chi connectivity index (χ4v) is 3.36. The van der Waals surface area contributed by atoms with E-state index in [1.807, 2.05) is 12.1 Å². The molecule has 1 saturated carbocycles. The molecular formula is C17H26ClNO2. The molecule has 1 aliphatic rings. The molecule has 0 heterocycles. The first kappa shape index (κ1) is 16.6. The lowest BCUT2D eigenvalue weighted by Crippen LogP contribution is -2.34. The van der Waals surface area contributed by atoms with Crippen molar-refractivity contribution < 1.29 is 9.47 Å². The lowest BCUT2D eigenvalue weighted by molar-refractivity contribution is -0.0291. The van der Waals surface area contributed by atoms with Crippen molar-refractivity contribution in [3.63, 3.8) is 0 Å². The van der Waals surface area contributed by atoms with Crippen LogP contribution in [0, 0.1) is 5.92 Å². The van der Waals surface area contributed by atoms with Crippen LogP contribution in [0.1, 0.15) is 44.7 Å². The zero-order valence-electron chi connectivity index (χ0n) is 13.2. The van der Waals surface area contributed by atoms with E-state index in [-0.39, 0.29) is 0 Å². The molecule has 2 rings (SSSR count). The van der Waals surface area contributed by atoms with E-state index in [0.29, 0.717) is 12.1 Å². The number of ether oxygens (including phenoxy) is 2. The average Bonchev–Trinajstić information content (AvgIpc) is 2.44. The third-order valence-electron chi connectivity index (χ3n) is 4.20. The first-order valence-corrected chi connectivity index (χ1v) is 8.24. The van der Waals surface area contributed by atoms with Crippen LogP contribution in [0.2, 0.25) is 5.02 Å². The molecule has 1 atom stereocenters. The third-order valence-corrected chi connectivity index (χ3v) is 4.52. The van der Waals surface area contributed by atoms with Crippen molar-refractivity contribution in [3.8, 4) is 5.75 Å². The molecule has 0 amide bonds. The van der Waals surface area contributed by atoms with Crippen molar-refractivity contribution in [2.75, 3.05) is 20.3 Å². The smallest absolute Gasteiger partial charge is 0.120 e. The Labute approximate surface area is 133 Å². The normalized spacial score (nSPS) is 22.7. The van der Waals surface area contributed by atoms with Crippen LogP contribution < -0.4 is 10.1 Å². The van der Waals surface area contributed by atoms with Crippen molar-refractivity contribution in [1.29, 1.82) is 0 Å². The highest BCUT2D eigenvalue weighted by Crippen LogP contribution is 2.38. The van der Waals surface area contributed by atoms with Gasteiger partial charge in [0, 0.05) is 17.7 Å². The van der Waals surface area contributed by atoms with E-state index in [1.165, 1.54) is 18.4 Å². The minimum Gasteiger partial charge on any atom is -0.497 e. The summed E-state index contributed by atoms with van der Waals surface area (Å²) in [7, 11) is 1.66. The van der Waals surface area contributed by atoms with Crippen LogP contribution in [0.4, 0.5) is 0 Å². The van der Waals surface area contributed by atoms with Gasteiger partial charge in [0.05, 0.1) is 13.2 Å². The molecule has 0 saturated heterocycles. The molecular weight excluding hydrogens is 286 g/mol. The van der Waals surface area contributed by atoms with E-state index in [9.17, 15) is 0 Å². The van der Waals surface area contributed by atoms with Gasteiger partial charge in [0.15, 0.2) is 0 Å². The highest BCUT2D eigenvalue weighted by atomic mass is 35.5. The quantitative estimate of drug-likeness (QED) is 0.780. The van der Waals surface area contributed by atoms with Gasteiger partial charge >= 0.3 is 0 Å². The minimum absolute atomic E-state index is 0.306. The van der Waals surface area contributed by atoms with Gasteiger partial charge in [-0.05, 0) is 56.3 Å². The monoisotopic (exact) mass is 311 g/mol. The van der Waals surface area contributed by atoms with E-state index >= 15 is 0 Å². The van der Waals surface area contributed by atoms with Gasteiger partial charge in [0.1, 0.15) is 5.75 Å². The summed E-state index contributed by atoms with van der Waals surface area (Å²) in [5, 5.41) is 4.34. The molecule has 1 fully saturated rings. The Morgan fingerprint density at radius 2 is 2.10 bits per heavy atom. The summed E-state index contributed by atoms with van der Waals surface area (Å²) in [5.41, 5.74) is 1.17. The molecule has 0 spiro atoms. The van der Waals surface area contributed by atoms with Crippen molar-refractivity contribution in [1.82, 2.24) is 5.32 Å². The topological polar surface area (TPSA) is 30.5 Å². The Morgan fingerprint density at radius 1 is 1.33 bits per heavy atom. The maximum atomic E-state index is 6.42. The summed E-state index contributed by atoms with van der Waals surface area (Å²) in [6.07, 6.45) is 3.92. The predicted molar refractivity (Wildman–Crippen MR) is 87.2 cm³/mol. The van der Waals surface area contributed by atoms with E-state index in [0.717, 1.165) is 36.3 Å². The van der Waals surface area contributed by atoms with Crippen molar-refractivity contribution >= 4 is 11.6 Å². The number of hydrogen-bond donors (Lipinski definition) is 1. The number of halogens is 1. The van der Waals surface area contributed by atoms with Gasteiger partial charge in [-0.2, -0.15) is 0 Å². The molecule has 3 nitrogen and oxygen atoms in total. The number of benzene rings is 1. The summed E-state index contributed by atoms with van der Waals surface area (Å²) >= 11 is 6.42. The van der Waals surface area contributed by atoms with Crippen LogP contribution in [0.25, 0.3) is 0 Å². The second-order valence-electron chi connectivity index (χ2n) is 5.65. The van der Waals surface area contributed by atoms with Crippen molar-refractivity contribution in [3.05, 3.63) is 28.8 Å². The maximum Gasteiger partial charge on any atom is 0.120 e. The first-order chi connectivity index (χ1) is 10.2. The fourth-order valence-electron chi connectivity index (χ4n) is 3.06. The fraction of sp³-hybridized carbons (Fsp3) is 0.647.